The Morgan fingerprint density at radius 1 is 0.886 bits per heavy atom. The molecule has 3 aromatic rings. The van der Waals surface area contributed by atoms with Crippen molar-refractivity contribution >= 4 is 16.6 Å². The maximum absolute atomic E-state index is 5.56. The molecule has 0 unspecified atom stereocenters. The average molecular weight is 477 g/mol. The Labute approximate surface area is 209 Å². The number of hydrogen-bond acceptors (Lipinski definition) is 5. The smallest absolute Gasteiger partial charge is 0.161 e. The van der Waals surface area contributed by atoms with Gasteiger partial charge < -0.3 is 24.3 Å². The summed E-state index contributed by atoms with van der Waals surface area (Å²) in [7, 11) is 5.61. The molecule has 2 aliphatic heterocycles. The van der Waals surface area contributed by atoms with E-state index in [0.29, 0.717) is 0 Å². The van der Waals surface area contributed by atoms with Crippen molar-refractivity contribution in [1.29, 1.82) is 0 Å². The summed E-state index contributed by atoms with van der Waals surface area (Å²) in [5, 5.41) is 1.33. The van der Waals surface area contributed by atoms with Crippen molar-refractivity contribution in [3.05, 3.63) is 42.0 Å². The average Bonchev–Trinajstić information content (AvgIpc) is 3.08. The lowest BCUT2D eigenvalue weighted by atomic mass is 10.0. The van der Waals surface area contributed by atoms with Crippen LogP contribution in [0.5, 0.6) is 11.5 Å². The Morgan fingerprint density at radius 2 is 1.69 bits per heavy atom. The van der Waals surface area contributed by atoms with Crippen LogP contribution in [0, 0.1) is 0 Å². The lowest BCUT2D eigenvalue weighted by molar-refractivity contribution is 0.127. The minimum absolute atomic E-state index is 0.753. The van der Waals surface area contributed by atoms with Crippen molar-refractivity contribution in [2.75, 3.05) is 65.4 Å². The van der Waals surface area contributed by atoms with Crippen molar-refractivity contribution in [3.8, 4) is 22.8 Å². The zero-order valence-corrected chi connectivity index (χ0v) is 21.8. The van der Waals surface area contributed by atoms with E-state index in [1.54, 1.807) is 14.2 Å². The quantitative estimate of drug-likeness (QED) is 0.541. The Kier molecular flexibility index (Phi) is 7.21. The fraction of sp³-hybridized carbons (Fsp3) is 0.517. The topological polar surface area (TPSA) is 44.0 Å². The number of hydrogen-bond donors (Lipinski definition) is 1. The van der Waals surface area contributed by atoms with Crippen LogP contribution in [0.25, 0.3) is 22.2 Å². The largest absolute Gasteiger partial charge is 0.493 e. The fourth-order valence-electron chi connectivity index (χ4n) is 5.96. The van der Waals surface area contributed by atoms with Gasteiger partial charge in [0.2, 0.25) is 0 Å². The van der Waals surface area contributed by atoms with Crippen LogP contribution in [0.15, 0.2) is 36.4 Å². The minimum Gasteiger partial charge on any atom is -0.493 e. The van der Waals surface area contributed by atoms with E-state index in [-0.39, 0.29) is 0 Å². The number of aromatic nitrogens is 1. The van der Waals surface area contributed by atoms with E-state index >= 15 is 0 Å². The highest BCUT2D eigenvalue weighted by molar-refractivity contribution is 5.93. The highest BCUT2D eigenvalue weighted by atomic mass is 16.5. The van der Waals surface area contributed by atoms with E-state index in [9.17, 15) is 0 Å². The summed E-state index contributed by atoms with van der Waals surface area (Å²) in [6.07, 6.45) is 4.82. The SMILES string of the molecule is CCc1c(-c2ccc(OC)c(OC)c2)[nH]c2ccc(N3CCCN(C4CCN(C)CC4)CC3)cc12. The van der Waals surface area contributed by atoms with Crippen LogP contribution in [0.2, 0.25) is 0 Å². The van der Waals surface area contributed by atoms with Gasteiger partial charge in [-0.2, -0.15) is 0 Å². The molecule has 2 fully saturated rings. The second kappa shape index (κ2) is 10.5. The summed E-state index contributed by atoms with van der Waals surface area (Å²) in [4.78, 5) is 11.5. The zero-order chi connectivity index (χ0) is 24.4. The molecule has 1 aromatic heterocycles. The van der Waals surface area contributed by atoms with Gasteiger partial charge in [0.05, 0.1) is 14.2 Å². The number of nitrogens with one attached hydrogen (secondary N) is 1. The van der Waals surface area contributed by atoms with Crippen LogP contribution < -0.4 is 14.4 Å². The number of aromatic amines is 1. The molecular weight excluding hydrogens is 436 g/mol. The summed E-state index contributed by atoms with van der Waals surface area (Å²) in [5.74, 6) is 1.51. The second-order valence-corrected chi connectivity index (χ2v) is 10.0. The molecule has 1 N–H and O–H groups in total. The number of fused-ring (bicyclic) bond motifs is 1. The van der Waals surface area contributed by atoms with Gasteiger partial charge in [-0.1, -0.05) is 6.92 Å². The van der Waals surface area contributed by atoms with Gasteiger partial charge in [0.15, 0.2) is 11.5 Å². The molecule has 35 heavy (non-hydrogen) atoms. The summed E-state index contributed by atoms with van der Waals surface area (Å²) in [6, 6.07) is 13.9. The van der Waals surface area contributed by atoms with E-state index in [1.807, 2.05) is 6.07 Å². The number of ether oxygens (including phenoxy) is 2. The molecule has 2 aliphatic rings. The van der Waals surface area contributed by atoms with E-state index in [0.717, 1.165) is 49.2 Å². The molecule has 5 rings (SSSR count). The van der Waals surface area contributed by atoms with Crippen molar-refractivity contribution < 1.29 is 9.47 Å². The Morgan fingerprint density at radius 3 is 2.43 bits per heavy atom. The van der Waals surface area contributed by atoms with Crippen LogP contribution in [-0.2, 0) is 6.42 Å². The number of H-pyrrole nitrogens is 1. The summed E-state index contributed by atoms with van der Waals surface area (Å²) < 4.78 is 11.0. The first-order valence-corrected chi connectivity index (χ1v) is 13.2. The molecule has 0 bridgehead atoms. The van der Waals surface area contributed by atoms with Crippen LogP contribution in [0.3, 0.4) is 0 Å². The van der Waals surface area contributed by atoms with Gasteiger partial charge in [-0.05, 0) is 87.8 Å². The van der Waals surface area contributed by atoms with E-state index in [1.165, 1.54) is 66.7 Å². The first kappa shape index (κ1) is 24.0. The van der Waals surface area contributed by atoms with Crippen molar-refractivity contribution in [3.63, 3.8) is 0 Å². The summed E-state index contributed by atoms with van der Waals surface area (Å²) in [6.45, 7) is 9.33. The number of likely N-dealkylation sites (tertiary alicyclic amines) is 1. The molecule has 2 aromatic carbocycles. The molecule has 0 aliphatic carbocycles. The predicted octanol–water partition coefficient (Wildman–Crippen LogP) is 5.02. The molecular formula is C29H40N4O2. The van der Waals surface area contributed by atoms with Crippen molar-refractivity contribution in [2.45, 2.75) is 38.6 Å². The van der Waals surface area contributed by atoms with Crippen molar-refractivity contribution in [1.82, 2.24) is 14.8 Å². The Hall–Kier alpha value is -2.70. The Balaban J connectivity index is 1.39. The molecule has 0 atom stereocenters. The highest BCUT2D eigenvalue weighted by Gasteiger charge is 2.25. The third-order valence-electron chi connectivity index (χ3n) is 8.02. The number of rotatable bonds is 6. The number of anilines is 1. The fourth-order valence-corrected chi connectivity index (χ4v) is 5.96. The number of nitrogens with zero attached hydrogens (tertiary/aromatic N) is 3. The highest BCUT2D eigenvalue weighted by Crippen LogP contribution is 2.37. The predicted molar refractivity (Wildman–Crippen MR) is 145 cm³/mol. The number of piperidine rings is 1. The zero-order valence-electron chi connectivity index (χ0n) is 21.8. The van der Waals surface area contributed by atoms with Gasteiger partial charge in [0.1, 0.15) is 0 Å². The molecule has 0 radical (unpaired) electrons. The first-order valence-electron chi connectivity index (χ1n) is 13.2. The van der Waals surface area contributed by atoms with Gasteiger partial charge in [0.25, 0.3) is 0 Å². The third-order valence-corrected chi connectivity index (χ3v) is 8.02. The van der Waals surface area contributed by atoms with Gasteiger partial charge in [-0.25, -0.2) is 0 Å². The van der Waals surface area contributed by atoms with Crippen LogP contribution in [-0.4, -0.2) is 81.4 Å². The van der Waals surface area contributed by atoms with Gasteiger partial charge >= 0.3 is 0 Å². The lowest BCUT2D eigenvalue weighted by Gasteiger charge is -2.36. The molecule has 3 heterocycles. The number of methoxy groups -OCH3 is 2. The van der Waals surface area contributed by atoms with Gasteiger partial charge in [0, 0.05) is 60.1 Å². The molecule has 2 saturated heterocycles. The van der Waals surface area contributed by atoms with E-state index < -0.39 is 0 Å². The maximum Gasteiger partial charge on any atom is 0.161 e. The molecule has 0 amide bonds. The second-order valence-electron chi connectivity index (χ2n) is 10.0. The molecule has 0 spiro atoms. The van der Waals surface area contributed by atoms with Crippen LogP contribution >= 0.6 is 0 Å². The Bertz CT molecular complexity index is 1150. The van der Waals surface area contributed by atoms with Crippen LogP contribution in [0.1, 0.15) is 31.7 Å². The first-order chi connectivity index (χ1) is 17.1. The molecule has 6 heteroatoms. The minimum atomic E-state index is 0.753. The maximum atomic E-state index is 5.56. The molecule has 0 saturated carbocycles. The van der Waals surface area contributed by atoms with E-state index in [4.69, 9.17) is 9.47 Å². The van der Waals surface area contributed by atoms with Gasteiger partial charge in [-0.3, -0.25) is 4.90 Å². The standard InChI is InChI=1S/C29H40N4O2/c1-5-24-25-20-23(33-14-6-13-32(17-18-33)22-11-15-31(2)16-12-22)8-9-26(25)30-29(24)21-7-10-27(34-3)28(19-21)35-4/h7-10,19-20,22,30H,5-6,11-18H2,1-4H3. The summed E-state index contributed by atoms with van der Waals surface area (Å²) in [5.41, 5.74) is 6.19. The summed E-state index contributed by atoms with van der Waals surface area (Å²) >= 11 is 0. The molecule has 188 valence electrons. The number of benzene rings is 2. The lowest BCUT2D eigenvalue weighted by Crippen LogP contribution is -2.45. The number of aryl methyl sites for hydroxylation is 1. The van der Waals surface area contributed by atoms with Crippen LogP contribution in [0.4, 0.5) is 5.69 Å². The van der Waals surface area contributed by atoms with E-state index in [2.05, 4.69) is 64.0 Å². The normalized spacial score (nSPS) is 18.7. The third kappa shape index (κ3) is 4.87. The van der Waals surface area contributed by atoms with Gasteiger partial charge in [-0.15, -0.1) is 0 Å². The van der Waals surface area contributed by atoms with Crippen molar-refractivity contribution in [2.24, 2.45) is 0 Å². The monoisotopic (exact) mass is 476 g/mol. The molecule has 6 nitrogen and oxygen atoms in total.